The van der Waals surface area contributed by atoms with Crippen LogP contribution in [0.15, 0.2) is 58.5 Å². The molecule has 2 aromatic carbocycles. The van der Waals surface area contributed by atoms with Crippen LogP contribution >= 0.6 is 35.6 Å². The van der Waals surface area contributed by atoms with E-state index in [0.717, 1.165) is 11.1 Å². The first-order valence-electron chi connectivity index (χ1n) is 6.70. The van der Waals surface area contributed by atoms with E-state index in [9.17, 15) is 0 Å². The van der Waals surface area contributed by atoms with Crippen molar-refractivity contribution < 1.29 is 0 Å². The summed E-state index contributed by atoms with van der Waals surface area (Å²) in [6.07, 6.45) is 3.42. The van der Waals surface area contributed by atoms with Crippen LogP contribution < -0.4 is 0 Å². The molecule has 0 unspecified atom stereocenters. The van der Waals surface area contributed by atoms with Gasteiger partial charge in [0.25, 0.3) is 0 Å². The number of aliphatic imine (C=N–C) groups is 2. The lowest BCUT2D eigenvalue weighted by atomic mass is 10.2. The molecular formula is C17H16Cl3N3. The van der Waals surface area contributed by atoms with E-state index >= 15 is 0 Å². The van der Waals surface area contributed by atoms with Gasteiger partial charge in [-0.3, -0.25) is 9.98 Å². The van der Waals surface area contributed by atoms with Crippen molar-refractivity contribution in [3.05, 3.63) is 69.7 Å². The van der Waals surface area contributed by atoms with Crippen molar-refractivity contribution in [2.45, 2.75) is 0 Å². The highest BCUT2D eigenvalue weighted by Crippen LogP contribution is 2.09. The second-order valence-electron chi connectivity index (χ2n) is 4.65. The van der Waals surface area contributed by atoms with E-state index < -0.39 is 0 Å². The summed E-state index contributed by atoms with van der Waals surface area (Å²) < 4.78 is 0. The Hall–Kier alpha value is -1.68. The van der Waals surface area contributed by atoms with Gasteiger partial charge in [0.2, 0.25) is 0 Å². The Morgan fingerprint density at radius 1 is 0.870 bits per heavy atom. The fourth-order valence-corrected chi connectivity index (χ4v) is 2.14. The third kappa shape index (κ3) is 7.42. The van der Waals surface area contributed by atoms with Gasteiger partial charge in [0, 0.05) is 22.5 Å². The molecular weight excluding hydrogens is 353 g/mol. The monoisotopic (exact) mass is 367 g/mol. The Kier molecular flexibility index (Phi) is 8.56. The van der Waals surface area contributed by atoms with E-state index in [-0.39, 0.29) is 12.4 Å². The summed E-state index contributed by atoms with van der Waals surface area (Å²) in [5.41, 5.74) is 2.28. The van der Waals surface area contributed by atoms with Crippen LogP contribution in [0.5, 0.6) is 0 Å². The molecule has 2 rings (SSSR count). The first-order chi connectivity index (χ1) is 10.6. The molecule has 0 saturated heterocycles. The predicted octanol–water partition coefficient (Wildman–Crippen LogP) is 4.97. The number of rotatable bonds is 6. The maximum absolute atomic E-state index is 7.83. The summed E-state index contributed by atoms with van der Waals surface area (Å²) in [5, 5.41) is 9.17. The topological polar surface area (TPSA) is 48.6 Å². The first kappa shape index (κ1) is 19.4. The standard InChI is InChI=1S/C17H15Cl2N3.ClH/c18-15-5-1-3-13(7-15)9-21-11-17(20)12-22-10-14-4-2-6-16(19)8-14;/h1-10,20H,11-12H2;1H. The third-order valence-corrected chi connectivity index (χ3v) is 3.21. The molecule has 2 aromatic rings. The zero-order chi connectivity index (χ0) is 15.8. The Labute approximate surface area is 152 Å². The zero-order valence-corrected chi connectivity index (χ0v) is 14.6. The van der Waals surface area contributed by atoms with Gasteiger partial charge in [-0.1, -0.05) is 47.5 Å². The van der Waals surface area contributed by atoms with Crippen LogP contribution in [0.25, 0.3) is 0 Å². The fraction of sp³-hybridized carbons (Fsp3) is 0.118. The molecule has 0 bridgehead atoms. The molecule has 0 amide bonds. The minimum absolute atomic E-state index is 0. The molecule has 0 aliphatic heterocycles. The average Bonchev–Trinajstić information content (AvgIpc) is 2.47. The van der Waals surface area contributed by atoms with E-state index in [2.05, 4.69) is 9.98 Å². The van der Waals surface area contributed by atoms with Crippen LogP contribution in [0.4, 0.5) is 0 Å². The van der Waals surface area contributed by atoms with Crippen LogP contribution in [0, 0.1) is 5.41 Å². The van der Waals surface area contributed by atoms with E-state index in [1.165, 1.54) is 0 Å². The average molecular weight is 369 g/mol. The van der Waals surface area contributed by atoms with Gasteiger partial charge in [-0.2, -0.15) is 0 Å². The quantitative estimate of drug-likeness (QED) is 0.700. The SMILES string of the molecule is Cl.N=C(CN=Cc1cccc(Cl)c1)CN=Cc1cccc(Cl)c1. The summed E-state index contributed by atoms with van der Waals surface area (Å²) in [6.45, 7) is 0.638. The molecule has 0 atom stereocenters. The highest BCUT2D eigenvalue weighted by molar-refractivity contribution is 6.31. The molecule has 23 heavy (non-hydrogen) atoms. The molecule has 120 valence electrons. The fourth-order valence-electron chi connectivity index (χ4n) is 1.75. The van der Waals surface area contributed by atoms with Gasteiger partial charge in [0.05, 0.1) is 18.8 Å². The number of nitrogens with zero attached hydrogens (tertiary/aromatic N) is 2. The van der Waals surface area contributed by atoms with Gasteiger partial charge in [-0.15, -0.1) is 12.4 Å². The highest BCUT2D eigenvalue weighted by atomic mass is 35.5. The predicted molar refractivity (Wildman–Crippen MR) is 103 cm³/mol. The minimum Gasteiger partial charge on any atom is -0.306 e. The molecule has 0 radical (unpaired) electrons. The Bertz CT molecular complexity index is 652. The molecule has 3 nitrogen and oxygen atoms in total. The van der Waals surface area contributed by atoms with Gasteiger partial charge in [-0.25, -0.2) is 0 Å². The lowest BCUT2D eigenvalue weighted by Gasteiger charge is -1.97. The Morgan fingerprint density at radius 2 is 1.30 bits per heavy atom. The van der Waals surface area contributed by atoms with Gasteiger partial charge >= 0.3 is 0 Å². The summed E-state index contributed by atoms with van der Waals surface area (Å²) in [6, 6.07) is 14.8. The number of hydrogen-bond donors (Lipinski definition) is 1. The summed E-state index contributed by atoms with van der Waals surface area (Å²) in [7, 11) is 0. The van der Waals surface area contributed by atoms with Gasteiger partial charge in [0.1, 0.15) is 0 Å². The first-order valence-corrected chi connectivity index (χ1v) is 7.46. The van der Waals surface area contributed by atoms with Crippen molar-refractivity contribution >= 4 is 53.7 Å². The summed E-state index contributed by atoms with van der Waals surface area (Å²) in [5.74, 6) is 0. The molecule has 1 N–H and O–H groups in total. The van der Waals surface area contributed by atoms with Crippen molar-refractivity contribution in [2.24, 2.45) is 9.98 Å². The van der Waals surface area contributed by atoms with E-state index in [1.54, 1.807) is 12.4 Å². The normalized spacial score (nSPS) is 10.9. The van der Waals surface area contributed by atoms with Crippen molar-refractivity contribution in [1.82, 2.24) is 0 Å². The van der Waals surface area contributed by atoms with E-state index in [1.807, 2.05) is 48.5 Å². The highest BCUT2D eigenvalue weighted by Gasteiger charge is 1.94. The minimum atomic E-state index is 0. The van der Waals surface area contributed by atoms with Crippen molar-refractivity contribution in [3.63, 3.8) is 0 Å². The van der Waals surface area contributed by atoms with Gasteiger partial charge in [0.15, 0.2) is 0 Å². The molecule has 0 fully saturated rings. The second kappa shape index (κ2) is 10.2. The number of nitrogens with one attached hydrogen (secondary N) is 1. The Balaban J connectivity index is 0.00000264. The van der Waals surface area contributed by atoms with Crippen LogP contribution in [-0.2, 0) is 0 Å². The number of halogens is 3. The molecule has 0 aliphatic carbocycles. The van der Waals surface area contributed by atoms with E-state index in [0.29, 0.717) is 28.8 Å². The van der Waals surface area contributed by atoms with Crippen molar-refractivity contribution in [3.8, 4) is 0 Å². The smallest absolute Gasteiger partial charge is 0.0784 e. The molecule has 0 heterocycles. The van der Waals surface area contributed by atoms with E-state index in [4.69, 9.17) is 28.6 Å². The Morgan fingerprint density at radius 3 is 1.70 bits per heavy atom. The third-order valence-electron chi connectivity index (χ3n) is 2.74. The van der Waals surface area contributed by atoms with Crippen LogP contribution in [-0.4, -0.2) is 31.2 Å². The largest absolute Gasteiger partial charge is 0.306 e. The maximum Gasteiger partial charge on any atom is 0.0784 e. The van der Waals surface area contributed by atoms with Gasteiger partial charge in [-0.05, 0) is 35.4 Å². The maximum atomic E-state index is 7.83. The summed E-state index contributed by atoms with van der Waals surface area (Å²) in [4.78, 5) is 8.44. The molecule has 6 heteroatoms. The lowest BCUT2D eigenvalue weighted by Crippen LogP contribution is -2.06. The van der Waals surface area contributed by atoms with Gasteiger partial charge < -0.3 is 5.41 Å². The molecule has 0 spiro atoms. The molecule has 0 aliphatic rings. The van der Waals surface area contributed by atoms with Crippen LogP contribution in [0.1, 0.15) is 11.1 Å². The van der Waals surface area contributed by atoms with Crippen molar-refractivity contribution in [2.75, 3.05) is 13.1 Å². The van der Waals surface area contributed by atoms with Crippen molar-refractivity contribution in [1.29, 1.82) is 5.41 Å². The molecule has 0 aromatic heterocycles. The summed E-state index contributed by atoms with van der Waals surface area (Å²) >= 11 is 11.8. The number of benzene rings is 2. The molecule has 0 saturated carbocycles. The lowest BCUT2D eigenvalue weighted by molar-refractivity contribution is 1.17. The zero-order valence-electron chi connectivity index (χ0n) is 12.2. The second-order valence-corrected chi connectivity index (χ2v) is 5.53. The van der Waals surface area contributed by atoms with Crippen LogP contribution in [0.3, 0.4) is 0 Å². The number of hydrogen-bond acceptors (Lipinski definition) is 3. The van der Waals surface area contributed by atoms with Crippen LogP contribution in [0.2, 0.25) is 10.0 Å².